The third kappa shape index (κ3) is 4.44. The molecule has 0 radical (unpaired) electrons. The zero-order valence-electron chi connectivity index (χ0n) is 17.8. The van der Waals surface area contributed by atoms with Crippen molar-refractivity contribution in [2.75, 3.05) is 12.4 Å². The Labute approximate surface area is 184 Å². The highest BCUT2D eigenvalue weighted by atomic mass is 32.1. The van der Waals surface area contributed by atoms with E-state index in [1.807, 2.05) is 46.9 Å². The number of aromatic nitrogens is 3. The van der Waals surface area contributed by atoms with Crippen molar-refractivity contribution in [2.45, 2.75) is 26.3 Å². The van der Waals surface area contributed by atoms with Crippen LogP contribution in [0.5, 0.6) is 0 Å². The largest absolute Gasteiger partial charge is 0.464 e. The van der Waals surface area contributed by atoms with Crippen LogP contribution in [-0.2, 0) is 4.74 Å². The maximum Gasteiger partial charge on any atom is 0.360 e. The standard InChI is InChI=1S/C24H22N4O2S/c1-24(2,3)27-22-19(26-21-20(23(29)30-4)25-14-15-28(21)22)18-13-12-17(31-18)11-10-16-8-6-5-7-9-16/h5-9,12-15,27H,1-4H3. The lowest BCUT2D eigenvalue weighted by Gasteiger charge is -2.22. The van der Waals surface area contributed by atoms with Crippen molar-refractivity contribution in [2.24, 2.45) is 0 Å². The highest BCUT2D eigenvalue weighted by molar-refractivity contribution is 7.16. The lowest BCUT2D eigenvalue weighted by Crippen LogP contribution is -2.27. The molecule has 0 spiro atoms. The first-order valence-corrected chi connectivity index (χ1v) is 10.6. The smallest absolute Gasteiger partial charge is 0.360 e. The SMILES string of the molecule is COC(=O)c1nccn2c(NC(C)(C)C)c(-c3ccc(C#Cc4ccccc4)s3)nc12. The fourth-order valence-corrected chi connectivity index (χ4v) is 3.90. The van der Waals surface area contributed by atoms with Crippen LogP contribution >= 0.6 is 11.3 Å². The number of rotatable bonds is 3. The number of methoxy groups -OCH3 is 1. The minimum absolute atomic E-state index is 0.175. The number of benzene rings is 1. The number of nitrogens with one attached hydrogen (secondary N) is 1. The zero-order valence-corrected chi connectivity index (χ0v) is 18.6. The van der Waals surface area contributed by atoms with Crippen LogP contribution < -0.4 is 5.32 Å². The van der Waals surface area contributed by atoms with E-state index >= 15 is 0 Å². The first-order chi connectivity index (χ1) is 14.9. The molecule has 6 nitrogen and oxygen atoms in total. The molecule has 4 aromatic rings. The topological polar surface area (TPSA) is 68.5 Å². The number of thiophene rings is 1. The molecule has 0 aliphatic heterocycles. The molecular weight excluding hydrogens is 408 g/mol. The zero-order chi connectivity index (χ0) is 22.0. The van der Waals surface area contributed by atoms with E-state index < -0.39 is 5.97 Å². The van der Waals surface area contributed by atoms with Crippen LogP contribution in [0.1, 0.15) is 41.7 Å². The second kappa shape index (κ2) is 8.25. The quantitative estimate of drug-likeness (QED) is 0.372. The molecule has 1 aromatic carbocycles. The van der Waals surface area contributed by atoms with Gasteiger partial charge in [-0.15, -0.1) is 11.3 Å². The molecule has 3 aromatic heterocycles. The van der Waals surface area contributed by atoms with Gasteiger partial charge in [-0.25, -0.2) is 14.8 Å². The second-order valence-corrected chi connectivity index (χ2v) is 9.01. The van der Waals surface area contributed by atoms with Crippen molar-refractivity contribution in [1.29, 1.82) is 0 Å². The minimum atomic E-state index is -0.523. The van der Waals surface area contributed by atoms with Gasteiger partial charge >= 0.3 is 5.97 Å². The Kier molecular flexibility index (Phi) is 5.49. The number of hydrogen-bond acceptors (Lipinski definition) is 6. The van der Waals surface area contributed by atoms with Crippen molar-refractivity contribution in [1.82, 2.24) is 14.4 Å². The molecule has 0 aliphatic carbocycles. The lowest BCUT2D eigenvalue weighted by atomic mass is 10.1. The van der Waals surface area contributed by atoms with E-state index in [9.17, 15) is 4.79 Å². The van der Waals surface area contributed by atoms with Gasteiger partial charge in [0.2, 0.25) is 0 Å². The third-order valence-corrected chi connectivity index (χ3v) is 5.37. The number of nitrogens with zero attached hydrogens (tertiary/aromatic N) is 3. The summed E-state index contributed by atoms with van der Waals surface area (Å²) < 4.78 is 6.73. The fraction of sp³-hybridized carbons (Fsp3) is 0.208. The molecule has 156 valence electrons. The Bertz CT molecular complexity index is 1300. The van der Waals surface area contributed by atoms with Crippen LogP contribution in [0.3, 0.4) is 0 Å². The maximum atomic E-state index is 12.2. The number of carbonyl (C=O) groups excluding carboxylic acids is 1. The van der Waals surface area contributed by atoms with Gasteiger partial charge in [0.15, 0.2) is 11.3 Å². The molecule has 3 heterocycles. The van der Waals surface area contributed by atoms with Gasteiger partial charge < -0.3 is 10.1 Å². The van der Waals surface area contributed by atoms with Gasteiger partial charge in [-0.3, -0.25) is 4.40 Å². The first kappa shape index (κ1) is 20.6. The molecule has 0 saturated heterocycles. The van der Waals surface area contributed by atoms with Crippen molar-refractivity contribution in [3.63, 3.8) is 0 Å². The van der Waals surface area contributed by atoms with Crippen molar-refractivity contribution < 1.29 is 9.53 Å². The maximum absolute atomic E-state index is 12.2. The summed E-state index contributed by atoms with van der Waals surface area (Å²) in [6.07, 6.45) is 3.36. The normalized spacial score (nSPS) is 11.1. The molecule has 0 fully saturated rings. The number of anilines is 1. The summed E-state index contributed by atoms with van der Waals surface area (Å²) in [5.74, 6) is 6.67. The Morgan fingerprint density at radius 3 is 2.61 bits per heavy atom. The molecular formula is C24H22N4O2S. The average Bonchev–Trinajstić information content (AvgIpc) is 3.36. The Morgan fingerprint density at radius 2 is 1.90 bits per heavy atom. The number of ether oxygens (including phenoxy) is 1. The second-order valence-electron chi connectivity index (χ2n) is 7.92. The van der Waals surface area contributed by atoms with E-state index in [2.05, 4.69) is 42.9 Å². The van der Waals surface area contributed by atoms with Crippen LogP contribution in [0.2, 0.25) is 0 Å². The van der Waals surface area contributed by atoms with Gasteiger partial charge in [-0.05, 0) is 45.0 Å². The lowest BCUT2D eigenvalue weighted by molar-refractivity contribution is 0.0595. The highest BCUT2D eigenvalue weighted by Gasteiger charge is 2.24. The predicted octanol–water partition coefficient (Wildman–Crippen LogP) is 4.85. The van der Waals surface area contributed by atoms with Crippen LogP contribution in [0, 0.1) is 11.8 Å². The van der Waals surface area contributed by atoms with Gasteiger partial charge in [0.1, 0.15) is 11.5 Å². The first-order valence-electron chi connectivity index (χ1n) is 9.76. The Morgan fingerprint density at radius 1 is 1.13 bits per heavy atom. The molecule has 1 N–H and O–H groups in total. The molecule has 4 rings (SSSR count). The molecule has 31 heavy (non-hydrogen) atoms. The van der Waals surface area contributed by atoms with Gasteiger partial charge in [-0.1, -0.05) is 30.0 Å². The van der Waals surface area contributed by atoms with Gasteiger partial charge in [0.05, 0.1) is 16.9 Å². The van der Waals surface area contributed by atoms with Crippen LogP contribution in [0.4, 0.5) is 5.82 Å². The Hall–Kier alpha value is -3.63. The molecule has 0 aliphatic rings. The molecule has 0 amide bonds. The number of carbonyl (C=O) groups is 1. The summed E-state index contributed by atoms with van der Waals surface area (Å²) in [5, 5.41) is 3.51. The van der Waals surface area contributed by atoms with Gasteiger partial charge in [0.25, 0.3) is 0 Å². The van der Waals surface area contributed by atoms with Gasteiger partial charge in [0, 0.05) is 23.5 Å². The highest BCUT2D eigenvalue weighted by Crippen LogP contribution is 2.35. The summed E-state index contributed by atoms with van der Waals surface area (Å²) >= 11 is 1.55. The summed E-state index contributed by atoms with van der Waals surface area (Å²) in [6, 6.07) is 13.9. The summed E-state index contributed by atoms with van der Waals surface area (Å²) in [5.41, 5.74) is 2.11. The van der Waals surface area contributed by atoms with E-state index in [0.29, 0.717) is 5.65 Å². The van der Waals surface area contributed by atoms with Crippen LogP contribution in [-0.4, -0.2) is 33.0 Å². The predicted molar refractivity (Wildman–Crippen MR) is 123 cm³/mol. The van der Waals surface area contributed by atoms with E-state index in [4.69, 9.17) is 9.72 Å². The van der Waals surface area contributed by atoms with Crippen LogP contribution in [0.25, 0.3) is 16.2 Å². The van der Waals surface area contributed by atoms with Crippen molar-refractivity contribution in [3.8, 4) is 22.4 Å². The summed E-state index contributed by atoms with van der Waals surface area (Å²) in [6.45, 7) is 6.22. The minimum Gasteiger partial charge on any atom is -0.464 e. The summed E-state index contributed by atoms with van der Waals surface area (Å²) in [7, 11) is 1.34. The van der Waals surface area contributed by atoms with Crippen molar-refractivity contribution >= 4 is 28.8 Å². The Balaban J connectivity index is 1.82. The van der Waals surface area contributed by atoms with E-state index in [0.717, 1.165) is 26.8 Å². The van der Waals surface area contributed by atoms with Gasteiger partial charge in [-0.2, -0.15) is 0 Å². The van der Waals surface area contributed by atoms with E-state index in [-0.39, 0.29) is 11.2 Å². The number of hydrogen-bond donors (Lipinski definition) is 1. The number of imidazole rings is 1. The average molecular weight is 431 g/mol. The van der Waals surface area contributed by atoms with Crippen molar-refractivity contribution in [3.05, 3.63) is 71.0 Å². The number of fused-ring (bicyclic) bond motifs is 1. The van der Waals surface area contributed by atoms with Crippen LogP contribution in [0.15, 0.2) is 54.9 Å². The molecule has 7 heteroatoms. The molecule has 0 saturated carbocycles. The molecule has 0 atom stereocenters. The summed E-state index contributed by atoms with van der Waals surface area (Å²) in [4.78, 5) is 23.1. The van der Waals surface area contributed by atoms with E-state index in [1.165, 1.54) is 7.11 Å². The number of esters is 1. The molecule has 0 unspecified atom stereocenters. The van der Waals surface area contributed by atoms with E-state index in [1.54, 1.807) is 23.7 Å². The monoisotopic (exact) mass is 430 g/mol. The third-order valence-electron chi connectivity index (χ3n) is 4.36. The molecule has 0 bridgehead atoms. The fourth-order valence-electron chi connectivity index (χ4n) is 3.05.